The Morgan fingerprint density at radius 2 is 2.05 bits per heavy atom. The second-order valence-electron chi connectivity index (χ2n) is 3.85. The number of nitrogens with one attached hydrogen (secondary N) is 1. The summed E-state index contributed by atoms with van der Waals surface area (Å²) >= 11 is 0. The summed E-state index contributed by atoms with van der Waals surface area (Å²) in [5.41, 5.74) is 0.277. The maximum absolute atomic E-state index is 12.8. The number of carbonyl (C=O) groups excluding carboxylic acids is 1. The summed E-state index contributed by atoms with van der Waals surface area (Å²) in [5, 5.41) is 11.1. The molecule has 1 aromatic carbocycles. The zero-order valence-electron chi connectivity index (χ0n) is 10.6. The highest BCUT2D eigenvalue weighted by Crippen LogP contribution is 2.11. The van der Waals surface area contributed by atoms with Crippen molar-refractivity contribution in [3.63, 3.8) is 0 Å². The van der Waals surface area contributed by atoms with Gasteiger partial charge in [0, 0.05) is 11.8 Å². The molecule has 0 bridgehead atoms. The number of amides is 1. The molecule has 0 aliphatic rings. The molecule has 1 rings (SSSR count). The quantitative estimate of drug-likeness (QED) is 0.796. The molecule has 0 aromatic heterocycles. The van der Waals surface area contributed by atoms with E-state index in [4.69, 9.17) is 9.84 Å². The molecule has 1 amide bonds. The fourth-order valence-electron chi connectivity index (χ4n) is 1.21. The Balaban J connectivity index is 2.53. The molecule has 102 valence electrons. The van der Waals surface area contributed by atoms with Crippen molar-refractivity contribution >= 4 is 11.9 Å². The maximum Gasteiger partial charge on any atom is 0.333 e. The van der Waals surface area contributed by atoms with Crippen LogP contribution in [-0.4, -0.2) is 23.6 Å². The molecule has 0 aliphatic heterocycles. The summed E-state index contributed by atoms with van der Waals surface area (Å²) in [6.07, 6.45) is 0. The molecule has 1 aromatic rings. The summed E-state index contributed by atoms with van der Waals surface area (Å²) < 4.78 is 17.9. The first kappa shape index (κ1) is 14.7. The lowest BCUT2D eigenvalue weighted by atomic mass is 10.2. The summed E-state index contributed by atoms with van der Waals surface area (Å²) in [7, 11) is 0. The van der Waals surface area contributed by atoms with Gasteiger partial charge in [0.05, 0.1) is 5.57 Å². The normalized spacial score (nSPS) is 11.5. The third-order valence-corrected chi connectivity index (χ3v) is 2.38. The number of hydrogen-bond donors (Lipinski definition) is 2. The molecule has 2 N–H and O–H groups in total. The van der Waals surface area contributed by atoms with Crippen LogP contribution in [0, 0.1) is 5.82 Å². The van der Waals surface area contributed by atoms with Crippen LogP contribution in [0.4, 0.5) is 4.39 Å². The van der Waals surface area contributed by atoms with Gasteiger partial charge in [0.15, 0.2) is 6.61 Å². The third-order valence-electron chi connectivity index (χ3n) is 2.38. The van der Waals surface area contributed by atoms with E-state index in [0.717, 1.165) is 6.07 Å². The fourth-order valence-corrected chi connectivity index (χ4v) is 1.21. The van der Waals surface area contributed by atoms with E-state index < -0.39 is 17.7 Å². The Labute approximate surface area is 109 Å². The third kappa shape index (κ3) is 4.79. The molecular weight excluding hydrogens is 253 g/mol. The summed E-state index contributed by atoms with van der Waals surface area (Å²) in [6.45, 7) is 2.53. The average molecular weight is 267 g/mol. The first-order valence-electron chi connectivity index (χ1n) is 5.49. The lowest BCUT2D eigenvalue weighted by Gasteiger charge is -2.09. The van der Waals surface area contributed by atoms with Gasteiger partial charge in [0.25, 0.3) is 5.91 Å². The van der Waals surface area contributed by atoms with Crippen LogP contribution in [-0.2, 0) is 9.59 Å². The number of benzene rings is 1. The van der Waals surface area contributed by atoms with Crippen molar-refractivity contribution in [3.05, 3.63) is 41.4 Å². The molecule has 0 unspecified atom stereocenters. The SMILES string of the molecule is C/C(NC(=O)COc1cccc(F)c1)=C(\C)C(=O)O. The fraction of sp³-hybridized carbons (Fsp3) is 0.231. The van der Waals surface area contributed by atoms with E-state index in [-0.39, 0.29) is 23.6 Å². The van der Waals surface area contributed by atoms with E-state index in [9.17, 15) is 14.0 Å². The lowest BCUT2D eigenvalue weighted by Crippen LogP contribution is -2.28. The highest BCUT2D eigenvalue weighted by atomic mass is 19.1. The molecule has 6 heteroatoms. The minimum Gasteiger partial charge on any atom is -0.484 e. The number of ether oxygens (including phenoxy) is 1. The Bertz CT molecular complexity index is 525. The second kappa shape index (κ2) is 6.53. The molecule has 0 radical (unpaired) electrons. The van der Waals surface area contributed by atoms with Gasteiger partial charge in [-0.2, -0.15) is 0 Å². The largest absolute Gasteiger partial charge is 0.484 e. The standard InChI is InChI=1S/C13H14FNO4/c1-8(13(17)18)9(2)15-12(16)7-19-11-5-3-4-10(14)6-11/h3-6H,7H2,1-2H3,(H,15,16)(H,17,18)/b9-8-. The van der Waals surface area contributed by atoms with Gasteiger partial charge in [-0.05, 0) is 26.0 Å². The minimum absolute atomic E-state index is 0.0408. The van der Waals surface area contributed by atoms with Crippen LogP contribution in [0.15, 0.2) is 35.5 Å². The highest BCUT2D eigenvalue weighted by Gasteiger charge is 2.09. The second-order valence-corrected chi connectivity index (χ2v) is 3.85. The van der Waals surface area contributed by atoms with Crippen molar-refractivity contribution in [1.82, 2.24) is 5.32 Å². The first-order chi connectivity index (χ1) is 8.90. The molecule has 0 saturated carbocycles. The average Bonchev–Trinajstić information content (AvgIpc) is 2.35. The number of aliphatic carboxylic acids is 1. The molecule has 5 nitrogen and oxygen atoms in total. The smallest absolute Gasteiger partial charge is 0.333 e. The predicted molar refractivity (Wildman–Crippen MR) is 66.0 cm³/mol. The predicted octanol–water partition coefficient (Wildman–Crippen LogP) is 1.70. The molecule has 0 saturated heterocycles. The summed E-state index contributed by atoms with van der Waals surface area (Å²) in [5.74, 6) is -1.85. The number of carboxylic acids is 1. The van der Waals surface area contributed by atoms with Crippen LogP contribution in [0.5, 0.6) is 5.75 Å². The van der Waals surface area contributed by atoms with Crippen molar-refractivity contribution in [2.24, 2.45) is 0 Å². The molecule has 0 aliphatic carbocycles. The van der Waals surface area contributed by atoms with E-state index in [2.05, 4.69) is 5.32 Å². The van der Waals surface area contributed by atoms with Crippen molar-refractivity contribution in [2.45, 2.75) is 13.8 Å². The zero-order chi connectivity index (χ0) is 14.4. The Morgan fingerprint density at radius 1 is 1.37 bits per heavy atom. The Hall–Kier alpha value is -2.37. The van der Waals surface area contributed by atoms with Crippen LogP contribution in [0.25, 0.3) is 0 Å². The number of rotatable bonds is 5. The van der Waals surface area contributed by atoms with Crippen molar-refractivity contribution < 1.29 is 23.8 Å². The summed E-state index contributed by atoms with van der Waals surface area (Å²) in [4.78, 5) is 22.1. The van der Waals surface area contributed by atoms with Crippen molar-refractivity contribution in [2.75, 3.05) is 6.61 Å². The Morgan fingerprint density at radius 3 is 2.63 bits per heavy atom. The minimum atomic E-state index is -1.11. The lowest BCUT2D eigenvalue weighted by molar-refractivity contribution is -0.132. The van der Waals surface area contributed by atoms with Crippen LogP contribution >= 0.6 is 0 Å². The van der Waals surface area contributed by atoms with E-state index >= 15 is 0 Å². The van der Waals surface area contributed by atoms with Gasteiger partial charge < -0.3 is 15.2 Å². The monoisotopic (exact) mass is 267 g/mol. The number of carbonyl (C=O) groups is 2. The number of hydrogen-bond acceptors (Lipinski definition) is 3. The van der Waals surface area contributed by atoms with Crippen LogP contribution < -0.4 is 10.1 Å². The Kier molecular flexibility index (Phi) is 5.05. The van der Waals surface area contributed by atoms with E-state index in [1.54, 1.807) is 0 Å². The number of allylic oxidation sites excluding steroid dienone is 1. The van der Waals surface area contributed by atoms with E-state index in [0.29, 0.717) is 0 Å². The van der Waals surface area contributed by atoms with Gasteiger partial charge in [-0.25, -0.2) is 9.18 Å². The molecule has 0 heterocycles. The van der Waals surface area contributed by atoms with Gasteiger partial charge in [-0.1, -0.05) is 6.07 Å². The van der Waals surface area contributed by atoms with Crippen molar-refractivity contribution in [3.8, 4) is 5.75 Å². The van der Waals surface area contributed by atoms with Gasteiger partial charge in [0.2, 0.25) is 0 Å². The van der Waals surface area contributed by atoms with Gasteiger partial charge >= 0.3 is 5.97 Å². The zero-order valence-corrected chi connectivity index (χ0v) is 10.6. The maximum atomic E-state index is 12.8. The first-order valence-corrected chi connectivity index (χ1v) is 5.49. The molecular formula is C13H14FNO4. The van der Waals surface area contributed by atoms with Crippen LogP contribution in [0.1, 0.15) is 13.8 Å². The summed E-state index contributed by atoms with van der Waals surface area (Å²) in [6, 6.07) is 5.39. The van der Waals surface area contributed by atoms with Gasteiger partial charge in [-0.15, -0.1) is 0 Å². The van der Waals surface area contributed by atoms with E-state index in [1.165, 1.54) is 32.0 Å². The molecule has 0 spiro atoms. The van der Waals surface area contributed by atoms with Gasteiger partial charge in [-0.3, -0.25) is 4.79 Å². The molecule has 0 fully saturated rings. The topological polar surface area (TPSA) is 75.6 Å². The highest BCUT2D eigenvalue weighted by molar-refractivity contribution is 5.88. The molecule has 19 heavy (non-hydrogen) atoms. The van der Waals surface area contributed by atoms with E-state index in [1.807, 2.05) is 0 Å². The molecule has 0 atom stereocenters. The van der Waals surface area contributed by atoms with Gasteiger partial charge in [0.1, 0.15) is 11.6 Å². The number of halogens is 1. The van der Waals surface area contributed by atoms with Crippen LogP contribution in [0.3, 0.4) is 0 Å². The van der Waals surface area contributed by atoms with Crippen molar-refractivity contribution in [1.29, 1.82) is 0 Å². The number of carboxylic acid groups (broad SMARTS) is 1. The van der Waals surface area contributed by atoms with Crippen LogP contribution in [0.2, 0.25) is 0 Å².